The number of hydrazone groups is 1. The van der Waals surface area contributed by atoms with Crippen molar-refractivity contribution in [3.05, 3.63) is 65.2 Å². The SMILES string of the molecule is S=C(N/N=C\c1ccccc1)Nc1cccc(Cl)c1. The number of halogens is 1. The molecule has 0 aliphatic rings. The second-order valence-electron chi connectivity index (χ2n) is 3.75. The Morgan fingerprint density at radius 1 is 1.11 bits per heavy atom. The first-order valence-electron chi connectivity index (χ1n) is 5.65. The fourth-order valence-electron chi connectivity index (χ4n) is 1.43. The van der Waals surface area contributed by atoms with Gasteiger partial charge in [-0.1, -0.05) is 48.0 Å². The van der Waals surface area contributed by atoms with Crippen molar-refractivity contribution in [1.82, 2.24) is 5.43 Å². The van der Waals surface area contributed by atoms with Crippen molar-refractivity contribution >= 4 is 40.8 Å². The largest absolute Gasteiger partial charge is 0.331 e. The van der Waals surface area contributed by atoms with Gasteiger partial charge in [0.1, 0.15) is 0 Å². The van der Waals surface area contributed by atoms with E-state index >= 15 is 0 Å². The highest BCUT2D eigenvalue weighted by atomic mass is 35.5. The maximum absolute atomic E-state index is 5.88. The van der Waals surface area contributed by atoms with Gasteiger partial charge in [-0.2, -0.15) is 5.10 Å². The summed E-state index contributed by atoms with van der Waals surface area (Å²) >= 11 is 11.0. The van der Waals surface area contributed by atoms with Crippen LogP contribution in [0.1, 0.15) is 5.56 Å². The molecule has 0 aromatic heterocycles. The molecule has 2 N–H and O–H groups in total. The zero-order valence-corrected chi connectivity index (χ0v) is 11.6. The minimum absolute atomic E-state index is 0.412. The number of nitrogens with zero attached hydrogens (tertiary/aromatic N) is 1. The van der Waals surface area contributed by atoms with E-state index in [0.717, 1.165) is 11.3 Å². The fourth-order valence-corrected chi connectivity index (χ4v) is 1.79. The van der Waals surface area contributed by atoms with Gasteiger partial charge in [-0.25, -0.2) is 0 Å². The highest BCUT2D eigenvalue weighted by molar-refractivity contribution is 7.80. The molecule has 0 radical (unpaired) electrons. The smallest absolute Gasteiger partial charge is 0.191 e. The molecule has 2 rings (SSSR count). The number of benzene rings is 2. The van der Waals surface area contributed by atoms with Gasteiger partial charge in [-0.3, -0.25) is 5.43 Å². The van der Waals surface area contributed by atoms with Crippen LogP contribution in [0.2, 0.25) is 5.02 Å². The molecule has 2 aromatic carbocycles. The number of nitrogens with one attached hydrogen (secondary N) is 2. The Morgan fingerprint density at radius 3 is 2.63 bits per heavy atom. The molecule has 2 aromatic rings. The molecule has 5 heteroatoms. The van der Waals surface area contributed by atoms with Crippen LogP contribution in [0, 0.1) is 0 Å². The van der Waals surface area contributed by atoms with Gasteiger partial charge in [0.2, 0.25) is 0 Å². The Balaban J connectivity index is 1.87. The Kier molecular flexibility index (Phi) is 4.89. The Hall–Kier alpha value is -1.91. The standard InChI is InChI=1S/C14H12ClN3S/c15-12-7-4-8-13(9-12)17-14(19)18-16-10-11-5-2-1-3-6-11/h1-10H,(H2,17,18,19)/b16-10-. The molecule has 19 heavy (non-hydrogen) atoms. The molecule has 0 unspecified atom stereocenters. The van der Waals surface area contributed by atoms with Crippen LogP contribution in [0.4, 0.5) is 5.69 Å². The van der Waals surface area contributed by atoms with Crippen molar-refractivity contribution in [1.29, 1.82) is 0 Å². The van der Waals surface area contributed by atoms with Crippen LogP contribution >= 0.6 is 23.8 Å². The summed E-state index contributed by atoms with van der Waals surface area (Å²) < 4.78 is 0. The lowest BCUT2D eigenvalue weighted by Gasteiger charge is -2.06. The first-order valence-corrected chi connectivity index (χ1v) is 6.43. The Bertz CT molecular complexity index is 584. The minimum atomic E-state index is 0.412. The van der Waals surface area contributed by atoms with Crippen LogP contribution in [0.25, 0.3) is 0 Å². The summed E-state index contributed by atoms with van der Waals surface area (Å²) in [7, 11) is 0. The molecule has 0 bridgehead atoms. The van der Waals surface area contributed by atoms with Crippen molar-refractivity contribution in [2.24, 2.45) is 5.10 Å². The second kappa shape index (κ2) is 6.87. The quantitative estimate of drug-likeness (QED) is 0.514. The average Bonchev–Trinajstić information content (AvgIpc) is 2.40. The van der Waals surface area contributed by atoms with E-state index in [1.807, 2.05) is 42.5 Å². The highest BCUT2D eigenvalue weighted by Gasteiger charge is 1.96. The molecule has 0 heterocycles. The van der Waals surface area contributed by atoms with E-state index in [2.05, 4.69) is 15.8 Å². The predicted molar refractivity (Wildman–Crippen MR) is 84.8 cm³/mol. The van der Waals surface area contributed by atoms with E-state index < -0.39 is 0 Å². The lowest BCUT2D eigenvalue weighted by Crippen LogP contribution is -2.23. The van der Waals surface area contributed by atoms with Gasteiger partial charge in [0.15, 0.2) is 5.11 Å². The molecule has 0 fully saturated rings. The summed E-state index contributed by atoms with van der Waals surface area (Å²) in [5, 5.41) is 8.10. The minimum Gasteiger partial charge on any atom is -0.331 e. The third-order valence-corrected chi connectivity index (χ3v) is 2.69. The first-order chi connectivity index (χ1) is 9.24. The van der Waals surface area contributed by atoms with E-state index in [1.165, 1.54) is 0 Å². The summed E-state index contributed by atoms with van der Waals surface area (Å²) in [6, 6.07) is 17.1. The number of hydrogen-bond donors (Lipinski definition) is 2. The molecule has 0 amide bonds. The number of rotatable bonds is 3. The second-order valence-corrected chi connectivity index (χ2v) is 4.59. The lowest BCUT2D eigenvalue weighted by atomic mass is 10.2. The van der Waals surface area contributed by atoms with Gasteiger partial charge in [-0.05, 0) is 36.0 Å². The van der Waals surface area contributed by atoms with Gasteiger partial charge in [-0.15, -0.1) is 0 Å². The molecule has 0 aliphatic carbocycles. The van der Waals surface area contributed by atoms with Crippen LogP contribution in [-0.2, 0) is 0 Å². The van der Waals surface area contributed by atoms with Crippen LogP contribution in [0.5, 0.6) is 0 Å². The van der Waals surface area contributed by atoms with Crippen molar-refractivity contribution in [3.63, 3.8) is 0 Å². The molecular formula is C14H12ClN3S. The Labute approximate surface area is 122 Å². The average molecular weight is 290 g/mol. The summed E-state index contributed by atoms with van der Waals surface area (Å²) in [5.41, 5.74) is 4.57. The fraction of sp³-hybridized carbons (Fsp3) is 0. The number of anilines is 1. The maximum atomic E-state index is 5.88. The first kappa shape index (κ1) is 13.5. The number of hydrogen-bond acceptors (Lipinski definition) is 2. The van der Waals surface area contributed by atoms with E-state index in [4.69, 9.17) is 23.8 Å². The summed E-state index contributed by atoms with van der Waals surface area (Å²) in [6.07, 6.45) is 1.70. The zero-order chi connectivity index (χ0) is 13.5. The predicted octanol–water partition coefficient (Wildman–Crippen LogP) is 3.66. The third-order valence-electron chi connectivity index (χ3n) is 2.26. The third kappa shape index (κ3) is 4.69. The van der Waals surface area contributed by atoms with E-state index in [1.54, 1.807) is 18.3 Å². The molecule has 0 saturated heterocycles. The molecule has 0 atom stereocenters. The van der Waals surface area contributed by atoms with Gasteiger partial charge in [0.25, 0.3) is 0 Å². The number of thiocarbonyl (C=S) groups is 1. The zero-order valence-electron chi connectivity index (χ0n) is 10.0. The van der Waals surface area contributed by atoms with Crippen molar-refractivity contribution < 1.29 is 0 Å². The normalized spacial score (nSPS) is 10.4. The Morgan fingerprint density at radius 2 is 1.89 bits per heavy atom. The maximum Gasteiger partial charge on any atom is 0.191 e. The van der Waals surface area contributed by atoms with Crippen LogP contribution in [0.3, 0.4) is 0 Å². The van der Waals surface area contributed by atoms with Gasteiger partial charge in [0, 0.05) is 10.7 Å². The topological polar surface area (TPSA) is 36.4 Å². The van der Waals surface area contributed by atoms with Gasteiger partial charge in [0.05, 0.1) is 6.21 Å². The monoisotopic (exact) mass is 289 g/mol. The molecule has 3 nitrogen and oxygen atoms in total. The summed E-state index contributed by atoms with van der Waals surface area (Å²) in [4.78, 5) is 0. The summed E-state index contributed by atoms with van der Waals surface area (Å²) in [5.74, 6) is 0. The van der Waals surface area contributed by atoms with Crippen molar-refractivity contribution in [3.8, 4) is 0 Å². The van der Waals surface area contributed by atoms with Crippen LogP contribution in [0.15, 0.2) is 59.7 Å². The van der Waals surface area contributed by atoms with E-state index in [-0.39, 0.29) is 0 Å². The molecule has 0 spiro atoms. The van der Waals surface area contributed by atoms with Crippen LogP contribution < -0.4 is 10.7 Å². The highest BCUT2D eigenvalue weighted by Crippen LogP contribution is 2.14. The molecule has 0 saturated carbocycles. The van der Waals surface area contributed by atoms with E-state index in [0.29, 0.717) is 10.1 Å². The van der Waals surface area contributed by atoms with Gasteiger partial charge >= 0.3 is 0 Å². The summed E-state index contributed by atoms with van der Waals surface area (Å²) in [6.45, 7) is 0. The molecular weight excluding hydrogens is 278 g/mol. The molecule has 0 aliphatic heterocycles. The van der Waals surface area contributed by atoms with Crippen LogP contribution in [-0.4, -0.2) is 11.3 Å². The molecule has 96 valence electrons. The van der Waals surface area contributed by atoms with Crippen molar-refractivity contribution in [2.75, 3.05) is 5.32 Å². The van der Waals surface area contributed by atoms with Crippen molar-refractivity contribution in [2.45, 2.75) is 0 Å². The lowest BCUT2D eigenvalue weighted by molar-refractivity contribution is 1.05. The van der Waals surface area contributed by atoms with Gasteiger partial charge < -0.3 is 5.32 Å². The van der Waals surface area contributed by atoms with E-state index in [9.17, 15) is 0 Å².